The number of fused-ring (bicyclic) bond motifs is 6. The first-order valence-electron chi connectivity index (χ1n) is 10.6. The molecule has 3 heteroatoms. The van der Waals surface area contributed by atoms with Crippen LogP contribution >= 0.6 is 11.6 Å². The van der Waals surface area contributed by atoms with Gasteiger partial charge in [-0.3, -0.25) is 0 Å². The van der Waals surface area contributed by atoms with Gasteiger partial charge in [-0.05, 0) is 85.3 Å². The van der Waals surface area contributed by atoms with Crippen molar-refractivity contribution >= 4 is 28.3 Å². The molecule has 142 valence electrons. The third-order valence-electron chi connectivity index (χ3n) is 7.94. The van der Waals surface area contributed by atoms with Crippen LogP contribution in [0.4, 0.5) is 0 Å². The zero-order chi connectivity index (χ0) is 18.9. The van der Waals surface area contributed by atoms with Crippen LogP contribution in [0.5, 0.6) is 0 Å². The maximum absolute atomic E-state index is 6.27. The Morgan fingerprint density at radius 2 is 2.04 bits per heavy atom. The van der Waals surface area contributed by atoms with Gasteiger partial charge in [-0.2, -0.15) is 0 Å². The minimum atomic E-state index is 0.245. The Morgan fingerprint density at radius 1 is 1.14 bits per heavy atom. The van der Waals surface area contributed by atoms with E-state index < -0.39 is 0 Å². The van der Waals surface area contributed by atoms with Crippen molar-refractivity contribution in [1.29, 1.82) is 0 Å². The van der Waals surface area contributed by atoms with E-state index >= 15 is 0 Å². The lowest BCUT2D eigenvalue weighted by atomic mass is 9.55. The monoisotopic (exact) mass is 388 g/mol. The number of nitrogens with zero attached hydrogens (tertiary/aromatic N) is 2. The maximum Gasteiger partial charge on any atom is 0.100 e. The molecule has 3 unspecified atom stereocenters. The number of hydrogen-bond acceptors (Lipinski definition) is 1. The number of allylic oxidation sites excluding steroid dienone is 2. The number of halogens is 1. The van der Waals surface area contributed by atoms with Gasteiger partial charge >= 0.3 is 0 Å². The summed E-state index contributed by atoms with van der Waals surface area (Å²) in [6.07, 6.45) is 10.7. The molecular formula is C25H25ClN2. The summed E-state index contributed by atoms with van der Waals surface area (Å²) in [5, 5.41) is 0.884. The molecule has 0 bridgehead atoms. The molecule has 4 atom stereocenters. The van der Waals surface area contributed by atoms with Crippen LogP contribution in [0.25, 0.3) is 16.7 Å². The van der Waals surface area contributed by atoms with E-state index in [9.17, 15) is 0 Å². The predicted octanol–water partition coefficient (Wildman–Crippen LogP) is 6.70. The van der Waals surface area contributed by atoms with Crippen LogP contribution in [0.15, 0.2) is 54.9 Å². The molecule has 0 N–H and O–H groups in total. The second-order valence-electron chi connectivity index (χ2n) is 9.14. The number of imidazole rings is 1. The van der Waals surface area contributed by atoms with Crippen molar-refractivity contribution in [2.24, 2.45) is 17.3 Å². The highest BCUT2D eigenvalue weighted by atomic mass is 35.5. The summed E-state index contributed by atoms with van der Waals surface area (Å²) in [4.78, 5) is 4.66. The molecule has 1 aromatic heterocycles. The molecule has 2 nitrogen and oxygen atoms in total. The third-order valence-corrected chi connectivity index (χ3v) is 8.18. The van der Waals surface area contributed by atoms with E-state index in [1.807, 2.05) is 6.33 Å². The van der Waals surface area contributed by atoms with Crippen LogP contribution in [0, 0.1) is 17.3 Å². The lowest BCUT2D eigenvalue weighted by Gasteiger charge is -2.50. The van der Waals surface area contributed by atoms with Crippen molar-refractivity contribution in [2.45, 2.75) is 44.9 Å². The molecule has 3 aliphatic carbocycles. The molecule has 0 aliphatic heterocycles. The number of para-hydroxylation sites is 2. The van der Waals surface area contributed by atoms with E-state index in [4.69, 9.17) is 11.6 Å². The fraction of sp³-hybridized carbons (Fsp3) is 0.400. The number of aromatic nitrogens is 2. The maximum atomic E-state index is 6.27. The Labute approximate surface area is 171 Å². The average molecular weight is 389 g/mol. The molecule has 2 aromatic carbocycles. The topological polar surface area (TPSA) is 17.8 Å². The first-order valence-corrected chi connectivity index (χ1v) is 10.9. The summed E-state index contributed by atoms with van der Waals surface area (Å²) < 4.78 is 2.37. The molecule has 3 aliphatic rings. The zero-order valence-electron chi connectivity index (χ0n) is 16.2. The minimum absolute atomic E-state index is 0.245. The van der Waals surface area contributed by atoms with Crippen LogP contribution < -0.4 is 0 Å². The number of rotatable bonds is 1. The first-order chi connectivity index (χ1) is 13.6. The second-order valence-corrected chi connectivity index (χ2v) is 9.58. The number of hydrogen-bond donors (Lipinski definition) is 0. The van der Waals surface area contributed by atoms with Gasteiger partial charge in [0.25, 0.3) is 0 Å². The molecule has 1 heterocycles. The van der Waals surface area contributed by atoms with Gasteiger partial charge in [-0.25, -0.2) is 4.98 Å². The molecule has 0 radical (unpaired) electrons. The molecule has 6 rings (SSSR count). The van der Waals surface area contributed by atoms with Gasteiger partial charge in [0, 0.05) is 16.1 Å². The van der Waals surface area contributed by atoms with Crippen LogP contribution in [-0.4, -0.2) is 9.55 Å². The lowest BCUT2D eigenvalue weighted by molar-refractivity contribution is 0.0856. The fourth-order valence-corrected chi connectivity index (χ4v) is 6.81. The molecule has 0 spiro atoms. The van der Waals surface area contributed by atoms with Gasteiger partial charge < -0.3 is 4.57 Å². The summed E-state index contributed by atoms with van der Waals surface area (Å²) in [7, 11) is 0. The largest absolute Gasteiger partial charge is 0.302 e. The minimum Gasteiger partial charge on any atom is -0.302 e. The van der Waals surface area contributed by atoms with Crippen molar-refractivity contribution in [3.63, 3.8) is 0 Å². The van der Waals surface area contributed by atoms with Crippen LogP contribution in [0.1, 0.15) is 49.7 Å². The van der Waals surface area contributed by atoms with Crippen LogP contribution in [-0.2, 0) is 6.42 Å². The molecule has 28 heavy (non-hydrogen) atoms. The van der Waals surface area contributed by atoms with Gasteiger partial charge in [0.05, 0.1) is 11.0 Å². The fourth-order valence-electron chi connectivity index (χ4n) is 6.62. The van der Waals surface area contributed by atoms with E-state index in [1.54, 1.807) is 5.56 Å². The van der Waals surface area contributed by atoms with E-state index in [1.165, 1.54) is 48.9 Å². The Bertz CT molecular complexity index is 1110. The average Bonchev–Trinajstić information content (AvgIpc) is 3.28. The summed E-state index contributed by atoms with van der Waals surface area (Å²) >= 11 is 6.27. The van der Waals surface area contributed by atoms with Gasteiger partial charge in [0.1, 0.15) is 6.33 Å². The van der Waals surface area contributed by atoms with Crippen LogP contribution in [0.3, 0.4) is 0 Å². The van der Waals surface area contributed by atoms with Crippen molar-refractivity contribution < 1.29 is 0 Å². The summed E-state index contributed by atoms with van der Waals surface area (Å²) in [5.74, 6) is 2.20. The quantitative estimate of drug-likeness (QED) is 0.453. The normalized spacial score (nSPS) is 31.2. The highest BCUT2D eigenvalue weighted by molar-refractivity contribution is 6.30. The van der Waals surface area contributed by atoms with E-state index in [0.29, 0.717) is 5.92 Å². The Morgan fingerprint density at radius 3 is 2.96 bits per heavy atom. The van der Waals surface area contributed by atoms with Crippen molar-refractivity contribution in [1.82, 2.24) is 9.55 Å². The van der Waals surface area contributed by atoms with E-state index in [0.717, 1.165) is 22.4 Å². The Balaban J connectivity index is 1.38. The van der Waals surface area contributed by atoms with Gasteiger partial charge in [0.2, 0.25) is 0 Å². The Hall–Kier alpha value is -2.06. The Kier molecular flexibility index (Phi) is 3.59. The van der Waals surface area contributed by atoms with Gasteiger partial charge in [-0.15, -0.1) is 0 Å². The standard InChI is InChI=1S/C25H25ClN2/c1-25-13-12-19-18-9-7-17(26)14-16(18)6-8-20(19)21(25)10-11-24(25)28-15-27-22-4-2-3-5-23(22)28/h2-5,7,9,11,14-15,19-21H,6,8,10,12-13H2,1H3/t19?,20?,21?,25-/m0/s1. The van der Waals surface area contributed by atoms with Crippen molar-refractivity contribution in [2.75, 3.05) is 0 Å². The molecule has 1 fully saturated rings. The van der Waals surface area contributed by atoms with Gasteiger partial charge in [-0.1, -0.05) is 42.8 Å². The first kappa shape index (κ1) is 16.9. The summed E-state index contributed by atoms with van der Waals surface area (Å²) in [6.45, 7) is 2.51. The number of benzene rings is 2. The zero-order valence-corrected chi connectivity index (χ0v) is 17.0. The summed E-state index contributed by atoms with van der Waals surface area (Å²) in [5.41, 5.74) is 7.11. The molecule has 1 saturated carbocycles. The van der Waals surface area contributed by atoms with E-state index in [-0.39, 0.29) is 5.41 Å². The molecule has 0 amide bonds. The SMILES string of the molecule is C[C@]12CCC3c4ccc(Cl)cc4CCC3C1CC=C2n1cnc2ccccc21. The summed E-state index contributed by atoms with van der Waals surface area (Å²) in [6, 6.07) is 15.1. The third kappa shape index (κ3) is 2.24. The van der Waals surface area contributed by atoms with Crippen LogP contribution in [0.2, 0.25) is 5.02 Å². The second kappa shape index (κ2) is 5.97. The smallest absolute Gasteiger partial charge is 0.100 e. The lowest BCUT2D eigenvalue weighted by Crippen LogP contribution is -2.41. The van der Waals surface area contributed by atoms with Crippen molar-refractivity contribution in [3.05, 3.63) is 71.0 Å². The predicted molar refractivity (Wildman–Crippen MR) is 115 cm³/mol. The van der Waals surface area contributed by atoms with Gasteiger partial charge in [0.15, 0.2) is 0 Å². The van der Waals surface area contributed by atoms with Crippen molar-refractivity contribution in [3.8, 4) is 0 Å². The van der Waals surface area contributed by atoms with E-state index in [2.05, 4.69) is 65.0 Å². The number of aryl methyl sites for hydroxylation is 1. The highest BCUT2D eigenvalue weighted by Crippen LogP contribution is 2.62. The molecule has 0 saturated heterocycles. The molecule has 3 aromatic rings. The highest BCUT2D eigenvalue weighted by Gasteiger charge is 2.52. The molecular weight excluding hydrogens is 364 g/mol.